The minimum Gasteiger partial charge on any atom is -0.411 e. The van der Waals surface area contributed by atoms with E-state index >= 15 is 0 Å². The van der Waals surface area contributed by atoms with Crippen molar-refractivity contribution >= 4 is 5.71 Å². The van der Waals surface area contributed by atoms with Crippen molar-refractivity contribution < 1.29 is 5.21 Å². The van der Waals surface area contributed by atoms with E-state index in [1.165, 1.54) is 53.5 Å². The average molecular weight is 333 g/mol. The standard InChI is InChI=1S/C23H27NO/c1-4-10-23(11-5-2)20-9-7-6-8-17(20)19-13-16-12-15(3)22(24-25)18(16)14-21(19)23/h6-9,13-15,25H,4-5,10-12H2,1-3H3. The molecule has 1 N–H and O–H groups in total. The van der Waals surface area contributed by atoms with Crippen LogP contribution in [-0.2, 0) is 11.8 Å². The molecule has 2 nitrogen and oxygen atoms in total. The maximum Gasteiger partial charge on any atom is 0.0902 e. The highest BCUT2D eigenvalue weighted by Crippen LogP contribution is 2.54. The molecule has 0 amide bonds. The van der Waals surface area contributed by atoms with E-state index in [0.717, 1.165) is 17.7 Å². The van der Waals surface area contributed by atoms with Crippen molar-refractivity contribution in [2.24, 2.45) is 11.1 Å². The van der Waals surface area contributed by atoms with Crippen LogP contribution in [0.5, 0.6) is 0 Å². The Morgan fingerprint density at radius 3 is 2.40 bits per heavy atom. The van der Waals surface area contributed by atoms with E-state index in [0.29, 0.717) is 5.92 Å². The molecule has 0 radical (unpaired) electrons. The first-order valence-corrected chi connectivity index (χ1v) is 9.65. The number of rotatable bonds is 4. The van der Waals surface area contributed by atoms with Crippen LogP contribution < -0.4 is 0 Å². The summed E-state index contributed by atoms with van der Waals surface area (Å²) in [6, 6.07) is 13.7. The zero-order chi connectivity index (χ0) is 17.6. The number of fused-ring (bicyclic) bond motifs is 4. The monoisotopic (exact) mass is 333 g/mol. The van der Waals surface area contributed by atoms with Gasteiger partial charge < -0.3 is 5.21 Å². The number of hydrogen-bond acceptors (Lipinski definition) is 2. The molecule has 1 atom stereocenters. The molecule has 2 aliphatic carbocycles. The van der Waals surface area contributed by atoms with E-state index in [-0.39, 0.29) is 5.41 Å². The SMILES string of the molecule is CCCC1(CCC)c2ccccc2-c2cc3c(cc21)C(=NO)C(C)C3. The van der Waals surface area contributed by atoms with E-state index in [1.807, 2.05) is 0 Å². The topological polar surface area (TPSA) is 32.6 Å². The summed E-state index contributed by atoms with van der Waals surface area (Å²) >= 11 is 0. The molecular formula is C23H27NO. The lowest BCUT2D eigenvalue weighted by Gasteiger charge is -2.32. The van der Waals surface area contributed by atoms with Crippen molar-refractivity contribution in [3.8, 4) is 11.1 Å². The molecule has 2 aromatic carbocycles. The normalized spacial score (nSPS) is 21.2. The van der Waals surface area contributed by atoms with Gasteiger partial charge in [0.15, 0.2) is 0 Å². The molecule has 2 aliphatic rings. The molecule has 0 aromatic heterocycles. The van der Waals surface area contributed by atoms with Gasteiger partial charge in [-0.1, -0.05) is 69.1 Å². The first-order chi connectivity index (χ1) is 12.2. The second kappa shape index (κ2) is 6.01. The third-order valence-corrected chi connectivity index (χ3v) is 6.22. The highest BCUT2D eigenvalue weighted by atomic mass is 16.4. The summed E-state index contributed by atoms with van der Waals surface area (Å²) in [5, 5.41) is 13.2. The highest BCUT2D eigenvalue weighted by molar-refractivity contribution is 6.07. The second-order valence-electron chi connectivity index (χ2n) is 7.77. The third kappa shape index (κ3) is 2.19. The van der Waals surface area contributed by atoms with Gasteiger partial charge in [0, 0.05) is 16.9 Å². The molecule has 25 heavy (non-hydrogen) atoms. The van der Waals surface area contributed by atoms with Crippen LogP contribution in [0.2, 0.25) is 0 Å². The zero-order valence-electron chi connectivity index (χ0n) is 15.5. The fourth-order valence-corrected chi connectivity index (χ4v) is 5.31. The fraction of sp³-hybridized carbons (Fsp3) is 0.435. The Hall–Kier alpha value is -2.09. The van der Waals surface area contributed by atoms with Gasteiger partial charge in [-0.05, 0) is 53.1 Å². The Morgan fingerprint density at radius 2 is 1.72 bits per heavy atom. The van der Waals surface area contributed by atoms with E-state index < -0.39 is 0 Å². The van der Waals surface area contributed by atoms with Crippen LogP contribution in [0.1, 0.15) is 68.7 Å². The Labute approximate surface area is 150 Å². The van der Waals surface area contributed by atoms with Crippen LogP contribution in [0.15, 0.2) is 41.6 Å². The van der Waals surface area contributed by atoms with Gasteiger partial charge in [-0.3, -0.25) is 0 Å². The molecule has 2 aromatic rings. The van der Waals surface area contributed by atoms with Crippen LogP contribution in [0.4, 0.5) is 0 Å². The van der Waals surface area contributed by atoms with E-state index in [9.17, 15) is 5.21 Å². The maximum absolute atomic E-state index is 9.53. The Kier molecular flexibility index (Phi) is 3.94. The molecule has 0 heterocycles. The quantitative estimate of drug-likeness (QED) is 0.546. The summed E-state index contributed by atoms with van der Waals surface area (Å²) < 4.78 is 0. The van der Waals surface area contributed by atoms with Gasteiger partial charge in [0.05, 0.1) is 5.71 Å². The van der Waals surface area contributed by atoms with Crippen LogP contribution in [0.3, 0.4) is 0 Å². The maximum atomic E-state index is 9.53. The number of oxime groups is 1. The predicted molar refractivity (Wildman–Crippen MR) is 104 cm³/mol. The summed E-state index contributed by atoms with van der Waals surface area (Å²) in [5.41, 5.74) is 9.22. The molecular weight excluding hydrogens is 306 g/mol. The molecule has 0 fully saturated rings. The summed E-state index contributed by atoms with van der Waals surface area (Å²) in [6.45, 7) is 6.72. The smallest absolute Gasteiger partial charge is 0.0902 e. The van der Waals surface area contributed by atoms with Crippen molar-refractivity contribution in [1.29, 1.82) is 0 Å². The van der Waals surface area contributed by atoms with E-state index in [4.69, 9.17) is 0 Å². The Bertz CT molecular complexity index is 843. The van der Waals surface area contributed by atoms with Gasteiger partial charge in [-0.15, -0.1) is 0 Å². The van der Waals surface area contributed by atoms with Crippen LogP contribution in [0, 0.1) is 5.92 Å². The fourth-order valence-electron chi connectivity index (χ4n) is 5.31. The zero-order valence-corrected chi connectivity index (χ0v) is 15.5. The summed E-state index contributed by atoms with van der Waals surface area (Å²) in [7, 11) is 0. The van der Waals surface area contributed by atoms with Crippen molar-refractivity contribution in [3.05, 3.63) is 58.7 Å². The number of nitrogens with zero attached hydrogens (tertiary/aromatic N) is 1. The largest absolute Gasteiger partial charge is 0.411 e. The Morgan fingerprint density at radius 1 is 1.00 bits per heavy atom. The number of benzene rings is 2. The minimum absolute atomic E-state index is 0.108. The third-order valence-electron chi connectivity index (χ3n) is 6.22. The van der Waals surface area contributed by atoms with Crippen LogP contribution >= 0.6 is 0 Å². The van der Waals surface area contributed by atoms with E-state index in [2.05, 4.69) is 62.3 Å². The summed E-state index contributed by atoms with van der Waals surface area (Å²) in [5.74, 6) is 0.296. The first-order valence-electron chi connectivity index (χ1n) is 9.65. The number of hydrogen-bond donors (Lipinski definition) is 1. The molecule has 0 spiro atoms. The average Bonchev–Trinajstić information content (AvgIpc) is 3.06. The lowest BCUT2D eigenvalue weighted by Crippen LogP contribution is -2.25. The van der Waals surface area contributed by atoms with Gasteiger partial charge in [-0.25, -0.2) is 0 Å². The van der Waals surface area contributed by atoms with Crippen molar-refractivity contribution in [2.45, 2.75) is 58.3 Å². The lowest BCUT2D eigenvalue weighted by atomic mass is 9.71. The van der Waals surface area contributed by atoms with Gasteiger partial charge in [0.1, 0.15) is 0 Å². The van der Waals surface area contributed by atoms with Crippen molar-refractivity contribution in [1.82, 2.24) is 0 Å². The van der Waals surface area contributed by atoms with Crippen LogP contribution in [-0.4, -0.2) is 10.9 Å². The summed E-state index contributed by atoms with van der Waals surface area (Å²) in [4.78, 5) is 0. The molecule has 2 heteroatoms. The molecule has 0 saturated heterocycles. The van der Waals surface area contributed by atoms with Gasteiger partial charge in [0.2, 0.25) is 0 Å². The summed E-state index contributed by atoms with van der Waals surface area (Å²) in [6.07, 6.45) is 5.65. The van der Waals surface area contributed by atoms with E-state index in [1.54, 1.807) is 0 Å². The Balaban J connectivity index is 2.01. The molecule has 4 rings (SSSR count). The molecule has 0 saturated carbocycles. The molecule has 1 unspecified atom stereocenters. The van der Waals surface area contributed by atoms with Crippen molar-refractivity contribution in [2.75, 3.05) is 0 Å². The first kappa shape index (κ1) is 16.4. The molecule has 0 aliphatic heterocycles. The minimum atomic E-state index is 0.108. The molecule has 130 valence electrons. The van der Waals surface area contributed by atoms with Gasteiger partial charge in [-0.2, -0.15) is 0 Å². The van der Waals surface area contributed by atoms with Gasteiger partial charge in [0.25, 0.3) is 0 Å². The molecule has 0 bridgehead atoms. The lowest BCUT2D eigenvalue weighted by molar-refractivity contribution is 0.316. The van der Waals surface area contributed by atoms with Crippen LogP contribution in [0.25, 0.3) is 11.1 Å². The van der Waals surface area contributed by atoms with Gasteiger partial charge >= 0.3 is 0 Å². The predicted octanol–water partition coefficient (Wildman–Crippen LogP) is 5.92. The second-order valence-corrected chi connectivity index (χ2v) is 7.77. The highest BCUT2D eigenvalue weighted by Gasteiger charge is 2.43. The van der Waals surface area contributed by atoms with Crippen molar-refractivity contribution in [3.63, 3.8) is 0 Å².